The highest BCUT2D eigenvalue weighted by molar-refractivity contribution is 7.86. The zero-order valence-corrected chi connectivity index (χ0v) is 13.7. The molecule has 0 aliphatic heterocycles. The van der Waals surface area contributed by atoms with E-state index in [0.717, 1.165) is 6.07 Å². The summed E-state index contributed by atoms with van der Waals surface area (Å²) in [7, 11) is -4.49. The summed E-state index contributed by atoms with van der Waals surface area (Å²) < 4.78 is 32.6. The van der Waals surface area contributed by atoms with Crippen LogP contribution in [0.1, 0.15) is 0 Å². The van der Waals surface area contributed by atoms with E-state index >= 15 is 0 Å². The first-order valence-corrected chi connectivity index (χ1v) is 8.57. The van der Waals surface area contributed by atoms with Gasteiger partial charge < -0.3 is 5.11 Å². The summed E-state index contributed by atoms with van der Waals surface area (Å²) in [6.45, 7) is 0. The number of hydrogen-bond donors (Lipinski definition) is 2. The van der Waals surface area contributed by atoms with Gasteiger partial charge in [-0.1, -0.05) is 35.9 Å². The summed E-state index contributed by atoms with van der Waals surface area (Å²) >= 11 is 5.78. The molecule has 3 aromatic carbocycles. The maximum absolute atomic E-state index is 11.6. The van der Waals surface area contributed by atoms with E-state index in [9.17, 15) is 18.1 Å². The maximum Gasteiger partial charge on any atom is 0.295 e. The molecule has 0 amide bonds. The summed E-state index contributed by atoms with van der Waals surface area (Å²) in [6, 6.07) is 13.8. The van der Waals surface area contributed by atoms with Crippen LogP contribution in [0, 0.1) is 0 Å². The van der Waals surface area contributed by atoms with E-state index in [1.54, 1.807) is 36.4 Å². The van der Waals surface area contributed by atoms with Crippen molar-refractivity contribution < 1.29 is 18.1 Å². The molecule has 0 aliphatic rings. The first-order chi connectivity index (χ1) is 11.4. The van der Waals surface area contributed by atoms with E-state index in [1.165, 1.54) is 12.1 Å². The van der Waals surface area contributed by atoms with Crippen LogP contribution in [0.5, 0.6) is 5.75 Å². The van der Waals surface area contributed by atoms with Crippen LogP contribution in [0.15, 0.2) is 69.7 Å². The third kappa shape index (κ3) is 3.23. The van der Waals surface area contributed by atoms with E-state index in [-0.39, 0.29) is 27.1 Å². The Hall–Kier alpha value is -2.48. The second-order valence-electron chi connectivity index (χ2n) is 4.94. The number of azo groups is 1. The van der Waals surface area contributed by atoms with Crippen molar-refractivity contribution in [3.05, 3.63) is 59.6 Å². The smallest absolute Gasteiger partial charge is 0.295 e. The number of hydrogen-bond acceptors (Lipinski definition) is 5. The fraction of sp³-hybridized carbons (Fsp3) is 0. The SMILES string of the molecule is O=S(=O)(O)c1cc(N=Nc2ccc(Cl)cc2)c(O)c2ccccc12. The van der Waals surface area contributed by atoms with Crippen molar-refractivity contribution in [2.24, 2.45) is 10.2 Å². The highest BCUT2D eigenvalue weighted by Crippen LogP contribution is 2.39. The van der Waals surface area contributed by atoms with Crippen molar-refractivity contribution in [1.29, 1.82) is 0 Å². The van der Waals surface area contributed by atoms with E-state index in [0.29, 0.717) is 10.7 Å². The van der Waals surface area contributed by atoms with Crippen LogP contribution < -0.4 is 0 Å². The number of fused-ring (bicyclic) bond motifs is 1. The van der Waals surface area contributed by atoms with E-state index in [4.69, 9.17) is 11.6 Å². The van der Waals surface area contributed by atoms with Gasteiger partial charge in [-0.3, -0.25) is 4.55 Å². The van der Waals surface area contributed by atoms with Gasteiger partial charge in [-0.15, -0.1) is 5.11 Å². The molecule has 0 fully saturated rings. The second kappa shape index (κ2) is 6.20. The molecule has 0 bridgehead atoms. The number of benzene rings is 3. The minimum Gasteiger partial charge on any atom is -0.505 e. The highest BCUT2D eigenvalue weighted by Gasteiger charge is 2.19. The Labute approximate surface area is 142 Å². The van der Waals surface area contributed by atoms with Crippen LogP contribution >= 0.6 is 11.6 Å². The zero-order chi connectivity index (χ0) is 17.3. The Morgan fingerprint density at radius 1 is 0.917 bits per heavy atom. The second-order valence-corrected chi connectivity index (χ2v) is 6.77. The molecule has 8 heteroatoms. The van der Waals surface area contributed by atoms with Crippen molar-refractivity contribution >= 4 is 43.9 Å². The lowest BCUT2D eigenvalue weighted by Gasteiger charge is -2.08. The highest BCUT2D eigenvalue weighted by atomic mass is 35.5. The van der Waals surface area contributed by atoms with Gasteiger partial charge in [0.25, 0.3) is 10.1 Å². The summed E-state index contributed by atoms with van der Waals surface area (Å²) in [4.78, 5) is -0.346. The molecule has 3 aromatic rings. The zero-order valence-electron chi connectivity index (χ0n) is 12.1. The summed E-state index contributed by atoms with van der Waals surface area (Å²) in [6.07, 6.45) is 0. The molecular weight excluding hydrogens is 352 g/mol. The normalized spacial score (nSPS) is 12.1. The van der Waals surface area contributed by atoms with E-state index in [1.807, 2.05) is 0 Å². The van der Waals surface area contributed by atoms with Crippen LogP contribution in [0.4, 0.5) is 11.4 Å². The van der Waals surface area contributed by atoms with Crippen LogP contribution in [0.25, 0.3) is 10.8 Å². The minimum atomic E-state index is -4.49. The lowest BCUT2D eigenvalue weighted by Crippen LogP contribution is -1.99. The predicted molar refractivity (Wildman–Crippen MR) is 91.1 cm³/mol. The van der Waals surface area contributed by atoms with Crippen LogP contribution in [0.2, 0.25) is 5.02 Å². The molecule has 24 heavy (non-hydrogen) atoms. The minimum absolute atomic E-state index is 0.0729. The average Bonchev–Trinajstić information content (AvgIpc) is 2.55. The molecule has 0 saturated carbocycles. The summed E-state index contributed by atoms with van der Waals surface area (Å²) in [5.74, 6) is -0.226. The first-order valence-electron chi connectivity index (χ1n) is 6.76. The van der Waals surface area contributed by atoms with Gasteiger partial charge in [-0.05, 0) is 30.3 Å². The number of phenolic OH excluding ortho intramolecular Hbond substituents is 1. The number of halogens is 1. The molecular formula is C16H11ClN2O4S. The lowest BCUT2D eigenvalue weighted by atomic mass is 10.1. The van der Waals surface area contributed by atoms with Crippen LogP contribution in [-0.4, -0.2) is 18.1 Å². The van der Waals surface area contributed by atoms with Crippen molar-refractivity contribution in [1.82, 2.24) is 0 Å². The molecule has 2 N–H and O–H groups in total. The number of aromatic hydroxyl groups is 1. The predicted octanol–water partition coefficient (Wildman–Crippen LogP) is 4.86. The fourth-order valence-corrected chi connectivity index (χ4v) is 3.06. The third-order valence-electron chi connectivity index (χ3n) is 3.34. The van der Waals surface area contributed by atoms with Gasteiger partial charge in [-0.25, -0.2) is 0 Å². The molecule has 0 aliphatic carbocycles. The van der Waals surface area contributed by atoms with Crippen molar-refractivity contribution in [2.45, 2.75) is 4.90 Å². The van der Waals surface area contributed by atoms with Crippen LogP contribution in [0.3, 0.4) is 0 Å². The van der Waals surface area contributed by atoms with Crippen molar-refractivity contribution in [3.8, 4) is 5.75 Å². The monoisotopic (exact) mass is 362 g/mol. The molecule has 0 heterocycles. The van der Waals surface area contributed by atoms with Gasteiger partial charge in [-0.2, -0.15) is 13.5 Å². The molecule has 6 nitrogen and oxygen atoms in total. The maximum atomic E-state index is 11.6. The topological polar surface area (TPSA) is 99.3 Å². The van der Waals surface area contributed by atoms with Gasteiger partial charge in [0, 0.05) is 15.8 Å². The molecule has 0 radical (unpaired) electrons. The summed E-state index contributed by atoms with van der Waals surface area (Å²) in [5.41, 5.74) is 0.400. The Balaban J connectivity index is 2.18. The summed E-state index contributed by atoms with van der Waals surface area (Å²) in [5, 5.41) is 19.1. The van der Waals surface area contributed by atoms with Gasteiger partial charge in [0.05, 0.1) is 5.69 Å². The van der Waals surface area contributed by atoms with Gasteiger partial charge in [0.15, 0.2) is 5.75 Å². The Morgan fingerprint density at radius 3 is 2.17 bits per heavy atom. The molecule has 3 rings (SSSR count). The molecule has 0 atom stereocenters. The first kappa shape index (κ1) is 16.4. The standard InChI is InChI=1S/C16H11ClN2O4S/c17-10-5-7-11(8-6-10)18-19-14-9-15(24(21,22)23)12-3-1-2-4-13(12)16(14)20/h1-9,20H,(H,21,22,23). The number of rotatable bonds is 3. The van der Waals surface area contributed by atoms with Gasteiger partial charge in [0.2, 0.25) is 0 Å². The number of phenols is 1. The van der Waals surface area contributed by atoms with Gasteiger partial charge in [0.1, 0.15) is 10.6 Å². The number of nitrogens with zero attached hydrogens (tertiary/aromatic N) is 2. The quantitative estimate of drug-likeness (QED) is 0.513. The largest absolute Gasteiger partial charge is 0.505 e. The molecule has 0 unspecified atom stereocenters. The molecule has 0 saturated heterocycles. The Morgan fingerprint density at radius 2 is 1.54 bits per heavy atom. The van der Waals surface area contributed by atoms with Crippen LogP contribution in [-0.2, 0) is 10.1 Å². The Kier molecular flexibility index (Phi) is 4.23. The van der Waals surface area contributed by atoms with Crippen molar-refractivity contribution in [3.63, 3.8) is 0 Å². The molecule has 0 aromatic heterocycles. The van der Waals surface area contributed by atoms with Crippen molar-refractivity contribution in [2.75, 3.05) is 0 Å². The average molecular weight is 363 g/mol. The lowest BCUT2D eigenvalue weighted by molar-refractivity contribution is 0.480. The fourth-order valence-electron chi connectivity index (χ4n) is 2.22. The van der Waals surface area contributed by atoms with E-state index < -0.39 is 10.1 Å². The Bertz CT molecular complexity index is 1050. The van der Waals surface area contributed by atoms with E-state index in [2.05, 4.69) is 10.2 Å². The van der Waals surface area contributed by atoms with Gasteiger partial charge >= 0.3 is 0 Å². The third-order valence-corrected chi connectivity index (χ3v) is 4.48. The molecule has 122 valence electrons. The molecule has 0 spiro atoms.